The van der Waals surface area contributed by atoms with Crippen LogP contribution in [0.25, 0.3) is 0 Å². The first-order chi connectivity index (χ1) is 7.60. The summed E-state index contributed by atoms with van der Waals surface area (Å²) in [4.78, 5) is 11.8. The minimum Gasteiger partial charge on any atom is -0.398 e. The van der Waals surface area contributed by atoms with Gasteiger partial charge >= 0.3 is 0 Å². The molecule has 1 amide bonds. The fourth-order valence-corrected chi connectivity index (χ4v) is 1.43. The first-order valence-corrected chi connectivity index (χ1v) is 5.29. The molecule has 1 aromatic carbocycles. The third-order valence-electron chi connectivity index (χ3n) is 2.19. The van der Waals surface area contributed by atoms with E-state index in [-0.39, 0.29) is 17.0 Å². The maximum absolute atomic E-state index is 11.8. The normalized spacial score (nSPS) is 11.6. The largest absolute Gasteiger partial charge is 0.398 e. The second-order valence-electron chi connectivity index (χ2n) is 3.31. The van der Waals surface area contributed by atoms with E-state index in [1.165, 1.54) is 0 Å². The number of terminal acetylenes is 1. The van der Waals surface area contributed by atoms with Crippen molar-refractivity contribution in [3.8, 4) is 12.3 Å². The van der Waals surface area contributed by atoms with Crippen molar-refractivity contribution in [3.63, 3.8) is 0 Å². The SMILES string of the molecule is C#CC(CC)NC(=O)c1cccc(N)c1Cl. The zero-order valence-corrected chi connectivity index (χ0v) is 9.71. The molecule has 3 nitrogen and oxygen atoms in total. The molecule has 0 heterocycles. The Bertz CT molecular complexity index is 437. The lowest BCUT2D eigenvalue weighted by Gasteiger charge is -2.12. The third-order valence-corrected chi connectivity index (χ3v) is 2.61. The van der Waals surface area contributed by atoms with Crippen LogP contribution in [0.15, 0.2) is 18.2 Å². The van der Waals surface area contributed by atoms with Gasteiger partial charge in [-0.2, -0.15) is 0 Å². The predicted octanol–water partition coefficient (Wildman–Crippen LogP) is 2.06. The summed E-state index contributed by atoms with van der Waals surface area (Å²) >= 11 is 5.92. The van der Waals surface area contributed by atoms with E-state index in [2.05, 4.69) is 11.2 Å². The van der Waals surface area contributed by atoms with Crippen LogP contribution in [0.5, 0.6) is 0 Å². The lowest BCUT2D eigenvalue weighted by Crippen LogP contribution is -2.33. The highest BCUT2D eigenvalue weighted by Crippen LogP contribution is 2.22. The van der Waals surface area contributed by atoms with Crippen LogP contribution < -0.4 is 11.1 Å². The Morgan fingerprint density at radius 3 is 2.94 bits per heavy atom. The van der Waals surface area contributed by atoms with E-state index in [9.17, 15) is 4.79 Å². The smallest absolute Gasteiger partial charge is 0.253 e. The molecule has 1 rings (SSSR count). The van der Waals surface area contributed by atoms with Gasteiger partial charge in [0.2, 0.25) is 0 Å². The van der Waals surface area contributed by atoms with Crippen LogP contribution >= 0.6 is 11.6 Å². The number of anilines is 1. The summed E-state index contributed by atoms with van der Waals surface area (Å²) in [5.41, 5.74) is 6.32. The van der Waals surface area contributed by atoms with E-state index in [0.29, 0.717) is 17.7 Å². The number of hydrogen-bond acceptors (Lipinski definition) is 2. The summed E-state index contributed by atoms with van der Waals surface area (Å²) in [6.45, 7) is 1.89. The summed E-state index contributed by atoms with van der Waals surface area (Å²) in [5, 5.41) is 2.94. The Hall–Kier alpha value is -1.66. The van der Waals surface area contributed by atoms with Gasteiger partial charge in [0.1, 0.15) is 0 Å². The van der Waals surface area contributed by atoms with Gasteiger partial charge in [0.25, 0.3) is 5.91 Å². The number of nitrogens with one attached hydrogen (secondary N) is 1. The molecule has 0 fully saturated rings. The second kappa shape index (κ2) is 5.43. The summed E-state index contributed by atoms with van der Waals surface area (Å²) in [6.07, 6.45) is 5.92. The quantitative estimate of drug-likeness (QED) is 0.624. The Kier molecular flexibility index (Phi) is 4.21. The highest BCUT2D eigenvalue weighted by atomic mass is 35.5. The van der Waals surface area contributed by atoms with Gasteiger partial charge in [-0.15, -0.1) is 6.42 Å². The van der Waals surface area contributed by atoms with Crippen LogP contribution in [0.4, 0.5) is 5.69 Å². The van der Waals surface area contributed by atoms with E-state index < -0.39 is 0 Å². The molecule has 0 bridgehead atoms. The van der Waals surface area contributed by atoms with E-state index in [4.69, 9.17) is 23.8 Å². The number of carbonyl (C=O) groups is 1. The molecule has 0 spiro atoms. The number of carbonyl (C=O) groups excluding carboxylic acids is 1. The van der Waals surface area contributed by atoms with Gasteiger partial charge in [-0.25, -0.2) is 0 Å². The number of hydrogen-bond donors (Lipinski definition) is 2. The van der Waals surface area contributed by atoms with Crippen molar-refractivity contribution in [2.24, 2.45) is 0 Å². The molecular weight excluding hydrogens is 224 g/mol. The Morgan fingerprint density at radius 1 is 1.69 bits per heavy atom. The summed E-state index contributed by atoms with van der Waals surface area (Å²) in [7, 11) is 0. The average molecular weight is 237 g/mol. The van der Waals surface area contributed by atoms with Gasteiger partial charge in [-0.05, 0) is 18.6 Å². The van der Waals surface area contributed by atoms with Crippen molar-refractivity contribution in [2.75, 3.05) is 5.73 Å². The van der Waals surface area contributed by atoms with Crippen LogP contribution in [0, 0.1) is 12.3 Å². The van der Waals surface area contributed by atoms with Gasteiger partial charge in [-0.3, -0.25) is 4.79 Å². The van der Waals surface area contributed by atoms with E-state index in [1.54, 1.807) is 18.2 Å². The molecule has 0 aliphatic carbocycles. The first-order valence-electron chi connectivity index (χ1n) is 4.91. The van der Waals surface area contributed by atoms with Crippen LogP contribution in [-0.2, 0) is 0 Å². The number of rotatable bonds is 3. The molecule has 1 atom stereocenters. The number of benzene rings is 1. The Labute approximate surface area is 100.0 Å². The lowest BCUT2D eigenvalue weighted by atomic mass is 10.1. The molecule has 16 heavy (non-hydrogen) atoms. The number of halogens is 1. The summed E-state index contributed by atoms with van der Waals surface area (Å²) in [5.74, 6) is 2.18. The summed E-state index contributed by atoms with van der Waals surface area (Å²) in [6, 6.07) is 4.63. The molecule has 0 saturated carbocycles. The van der Waals surface area contributed by atoms with Crippen molar-refractivity contribution >= 4 is 23.2 Å². The van der Waals surface area contributed by atoms with Crippen LogP contribution in [0.1, 0.15) is 23.7 Å². The molecule has 4 heteroatoms. The van der Waals surface area contributed by atoms with Crippen LogP contribution in [0.3, 0.4) is 0 Å². The van der Waals surface area contributed by atoms with E-state index in [1.807, 2.05) is 6.92 Å². The minimum atomic E-state index is -0.304. The van der Waals surface area contributed by atoms with Gasteiger partial charge in [0.15, 0.2) is 0 Å². The maximum atomic E-state index is 11.8. The number of nitrogens with two attached hydrogens (primary N) is 1. The van der Waals surface area contributed by atoms with Crippen LogP contribution in [-0.4, -0.2) is 11.9 Å². The molecule has 3 N–H and O–H groups in total. The van der Waals surface area contributed by atoms with Crippen molar-refractivity contribution in [2.45, 2.75) is 19.4 Å². The van der Waals surface area contributed by atoms with E-state index >= 15 is 0 Å². The average Bonchev–Trinajstić information content (AvgIpc) is 2.29. The third kappa shape index (κ3) is 2.68. The molecule has 1 unspecified atom stereocenters. The van der Waals surface area contributed by atoms with Gasteiger partial charge in [-0.1, -0.05) is 30.5 Å². The Morgan fingerprint density at radius 2 is 2.38 bits per heavy atom. The summed E-state index contributed by atoms with van der Waals surface area (Å²) < 4.78 is 0. The van der Waals surface area contributed by atoms with E-state index in [0.717, 1.165) is 0 Å². The first kappa shape index (κ1) is 12.4. The molecule has 0 saturated heterocycles. The van der Waals surface area contributed by atoms with Gasteiger partial charge < -0.3 is 11.1 Å². The minimum absolute atomic E-state index is 0.256. The highest BCUT2D eigenvalue weighted by molar-refractivity contribution is 6.36. The fourth-order valence-electron chi connectivity index (χ4n) is 1.22. The monoisotopic (exact) mass is 236 g/mol. The van der Waals surface area contributed by atoms with Crippen molar-refractivity contribution in [3.05, 3.63) is 28.8 Å². The molecular formula is C12H13ClN2O. The standard InChI is InChI=1S/C12H13ClN2O/c1-3-8(4-2)15-12(16)9-6-5-7-10(14)11(9)13/h1,5-8H,4,14H2,2H3,(H,15,16). The molecule has 0 aliphatic rings. The Balaban J connectivity index is 2.90. The molecule has 84 valence electrons. The second-order valence-corrected chi connectivity index (χ2v) is 3.69. The highest BCUT2D eigenvalue weighted by Gasteiger charge is 2.14. The van der Waals surface area contributed by atoms with Crippen molar-refractivity contribution < 1.29 is 4.79 Å². The maximum Gasteiger partial charge on any atom is 0.253 e. The van der Waals surface area contributed by atoms with Gasteiger partial charge in [0, 0.05) is 0 Å². The molecule has 0 aliphatic heterocycles. The van der Waals surface area contributed by atoms with Crippen molar-refractivity contribution in [1.82, 2.24) is 5.32 Å². The zero-order valence-electron chi connectivity index (χ0n) is 8.96. The number of nitrogen functional groups attached to an aromatic ring is 1. The zero-order chi connectivity index (χ0) is 12.1. The molecule has 0 aromatic heterocycles. The van der Waals surface area contributed by atoms with Gasteiger partial charge in [0.05, 0.1) is 22.3 Å². The molecule has 0 radical (unpaired) electrons. The molecule has 1 aromatic rings. The number of amides is 1. The lowest BCUT2D eigenvalue weighted by molar-refractivity contribution is 0.0945. The topological polar surface area (TPSA) is 55.1 Å². The predicted molar refractivity (Wildman–Crippen MR) is 66.2 cm³/mol. The fraction of sp³-hybridized carbons (Fsp3) is 0.250. The van der Waals surface area contributed by atoms with Crippen molar-refractivity contribution in [1.29, 1.82) is 0 Å². The van der Waals surface area contributed by atoms with Crippen LogP contribution in [0.2, 0.25) is 5.02 Å².